The predicted molar refractivity (Wildman–Crippen MR) is 105 cm³/mol. The molecule has 5 nitrogen and oxygen atoms in total. The molecule has 0 aliphatic carbocycles. The minimum absolute atomic E-state index is 0.0492. The van der Waals surface area contributed by atoms with Gasteiger partial charge >= 0.3 is 0 Å². The summed E-state index contributed by atoms with van der Waals surface area (Å²) in [6, 6.07) is 10.9. The molecule has 0 spiro atoms. The third kappa shape index (κ3) is 3.38. The number of fused-ring (bicyclic) bond motifs is 1. The lowest BCUT2D eigenvalue weighted by atomic mass is 10.1. The number of nitrogen functional groups attached to an aromatic ring is 1. The first-order valence-electron chi connectivity index (χ1n) is 8.03. The number of hydrogen-bond donors (Lipinski definition) is 1. The molecular formula is C18H15Cl2N3O2S. The summed E-state index contributed by atoms with van der Waals surface area (Å²) in [4.78, 5) is 19.0. The van der Waals surface area contributed by atoms with Gasteiger partial charge in [-0.1, -0.05) is 40.6 Å². The van der Waals surface area contributed by atoms with Gasteiger partial charge in [0.25, 0.3) is 5.91 Å². The zero-order valence-electron chi connectivity index (χ0n) is 13.6. The minimum Gasteiger partial charge on any atom is -0.375 e. The molecule has 1 aliphatic heterocycles. The Morgan fingerprint density at radius 3 is 2.88 bits per heavy atom. The summed E-state index contributed by atoms with van der Waals surface area (Å²) in [6.45, 7) is 1.45. The average Bonchev–Trinajstić information content (AvgIpc) is 3.02. The highest BCUT2D eigenvalue weighted by Crippen LogP contribution is 2.30. The van der Waals surface area contributed by atoms with E-state index in [0.717, 1.165) is 15.8 Å². The Hall–Kier alpha value is -1.86. The maximum Gasteiger partial charge on any atom is 0.254 e. The van der Waals surface area contributed by atoms with Crippen molar-refractivity contribution in [1.29, 1.82) is 0 Å². The number of ether oxygens (including phenoxy) is 1. The van der Waals surface area contributed by atoms with E-state index >= 15 is 0 Å². The van der Waals surface area contributed by atoms with Crippen molar-refractivity contribution < 1.29 is 9.53 Å². The quantitative estimate of drug-likeness (QED) is 0.683. The number of benzene rings is 2. The number of amides is 1. The lowest BCUT2D eigenvalue weighted by Gasteiger charge is -2.33. The molecule has 1 fully saturated rings. The molecule has 0 bridgehead atoms. The molecule has 1 saturated heterocycles. The predicted octanol–water partition coefficient (Wildman–Crippen LogP) is 4.40. The molecule has 3 aromatic rings. The van der Waals surface area contributed by atoms with Gasteiger partial charge in [0, 0.05) is 12.1 Å². The van der Waals surface area contributed by atoms with Crippen LogP contribution in [0.15, 0.2) is 36.4 Å². The molecule has 2 N–H and O–H groups in total. The summed E-state index contributed by atoms with van der Waals surface area (Å²) in [5.74, 6) is -0.0492. The van der Waals surface area contributed by atoms with E-state index in [2.05, 4.69) is 4.98 Å². The van der Waals surface area contributed by atoms with Crippen molar-refractivity contribution >= 4 is 55.8 Å². The molecule has 26 heavy (non-hydrogen) atoms. The fourth-order valence-electron chi connectivity index (χ4n) is 3.01. The highest BCUT2D eigenvalue weighted by atomic mass is 35.5. The number of nitrogens with zero attached hydrogens (tertiary/aromatic N) is 2. The molecule has 1 atom stereocenters. The van der Waals surface area contributed by atoms with Crippen LogP contribution in [-0.4, -0.2) is 35.5 Å². The standard InChI is InChI=1S/C18H15Cl2N3O2S/c19-12-3-1-10(7-13(12)20)15-9-23(5-6-25-15)17(24)11-2-4-16-14(8-11)22-18(21)26-16/h1-4,7-8,15H,5-6,9H2,(H2,21,22). The molecule has 1 aromatic heterocycles. The van der Waals surface area contributed by atoms with Gasteiger partial charge in [-0.2, -0.15) is 0 Å². The number of carbonyl (C=O) groups excluding carboxylic acids is 1. The first-order valence-corrected chi connectivity index (χ1v) is 9.60. The average molecular weight is 408 g/mol. The Labute approximate surface area is 164 Å². The fraction of sp³-hybridized carbons (Fsp3) is 0.222. The summed E-state index contributed by atoms with van der Waals surface area (Å²) in [5.41, 5.74) is 7.98. The van der Waals surface area contributed by atoms with Gasteiger partial charge in [0.2, 0.25) is 0 Å². The number of halogens is 2. The largest absolute Gasteiger partial charge is 0.375 e. The maximum atomic E-state index is 12.9. The maximum absolute atomic E-state index is 12.9. The van der Waals surface area contributed by atoms with Crippen molar-refractivity contribution in [2.75, 3.05) is 25.4 Å². The van der Waals surface area contributed by atoms with Gasteiger partial charge in [-0.15, -0.1) is 0 Å². The second-order valence-electron chi connectivity index (χ2n) is 6.02. The van der Waals surface area contributed by atoms with Crippen LogP contribution in [0.3, 0.4) is 0 Å². The molecule has 1 unspecified atom stereocenters. The van der Waals surface area contributed by atoms with Crippen molar-refractivity contribution in [2.45, 2.75) is 6.10 Å². The molecule has 134 valence electrons. The summed E-state index contributed by atoms with van der Waals surface area (Å²) >= 11 is 13.5. The van der Waals surface area contributed by atoms with Crippen LogP contribution in [0.4, 0.5) is 5.13 Å². The zero-order chi connectivity index (χ0) is 18.3. The van der Waals surface area contributed by atoms with Crippen molar-refractivity contribution in [3.63, 3.8) is 0 Å². The normalized spacial score (nSPS) is 17.6. The molecule has 0 saturated carbocycles. The first-order chi connectivity index (χ1) is 12.5. The summed E-state index contributed by atoms with van der Waals surface area (Å²) < 4.78 is 6.79. The fourth-order valence-corrected chi connectivity index (χ4v) is 4.03. The number of carbonyl (C=O) groups is 1. The SMILES string of the molecule is Nc1nc2cc(C(=O)N3CCOC(c4ccc(Cl)c(Cl)c4)C3)ccc2s1. The molecule has 4 rings (SSSR count). The second-order valence-corrected chi connectivity index (χ2v) is 7.90. The van der Waals surface area contributed by atoms with Crippen LogP contribution in [0, 0.1) is 0 Å². The highest BCUT2D eigenvalue weighted by Gasteiger charge is 2.26. The van der Waals surface area contributed by atoms with Crippen LogP contribution in [0.5, 0.6) is 0 Å². The molecule has 1 aliphatic rings. The van der Waals surface area contributed by atoms with Gasteiger partial charge in [-0.25, -0.2) is 4.98 Å². The van der Waals surface area contributed by atoms with E-state index in [-0.39, 0.29) is 12.0 Å². The van der Waals surface area contributed by atoms with Crippen LogP contribution in [-0.2, 0) is 4.74 Å². The lowest BCUT2D eigenvalue weighted by Crippen LogP contribution is -2.42. The van der Waals surface area contributed by atoms with E-state index < -0.39 is 0 Å². The number of thiazole rings is 1. The van der Waals surface area contributed by atoms with Gasteiger partial charge in [0.05, 0.1) is 33.4 Å². The number of anilines is 1. The van der Waals surface area contributed by atoms with Crippen molar-refractivity contribution in [3.05, 3.63) is 57.6 Å². The minimum atomic E-state index is -0.235. The number of morpholine rings is 1. The van der Waals surface area contributed by atoms with E-state index in [1.165, 1.54) is 11.3 Å². The van der Waals surface area contributed by atoms with Crippen LogP contribution < -0.4 is 5.73 Å². The molecule has 2 aromatic carbocycles. The Morgan fingerprint density at radius 2 is 2.08 bits per heavy atom. The van der Waals surface area contributed by atoms with E-state index in [9.17, 15) is 4.79 Å². The van der Waals surface area contributed by atoms with Crippen LogP contribution >= 0.6 is 34.5 Å². The van der Waals surface area contributed by atoms with Gasteiger partial charge in [0.15, 0.2) is 5.13 Å². The Morgan fingerprint density at radius 1 is 1.23 bits per heavy atom. The molecular weight excluding hydrogens is 393 g/mol. The summed E-state index contributed by atoms with van der Waals surface area (Å²) in [7, 11) is 0. The van der Waals surface area contributed by atoms with Gasteiger partial charge in [-0.3, -0.25) is 4.79 Å². The molecule has 8 heteroatoms. The van der Waals surface area contributed by atoms with Crippen molar-refractivity contribution in [2.24, 2.45) is 0 Å². The van der Waals surface area contributed by atoms with Gasteiger partial charge in [0.1, 0.15) is 6.10 Å². The van der Waals surface area contributed by atoms with Crippen LogP contribution in [0.25, 0.3) is 10.2 Å². The molecule has 2 heterocycles. The smallest absolute Gasteiger partial charge is 0.254 e. The zero-order valence-corrected chi connectivity index (χ0v) is 15.9. The van der Waals surface area contributed by atoms with E-state index in [4.69, 9.17) is 33.7 Å². The van der Waals surface area contributed by atoms with E-state index in [0.29, 0.717) is 40.4 Å². The molecule has 1 amide bonds. The monoisotopic (exact) mass is 407 g/mol. The number of hydrogen-bond acceptors (Lipinski definition) is 5. The van der Waals surface area contributed by atoms with E-state index in [1.54, 1.807) is 23.1 Å². The number of nitrogens with two attached hydrogens (primary N) is 1. The third-order valence-corrected chi connectivity index (χ3v) is 5.92. The number of aromatic nitrogens is 1. The first kappa shape index (κ1) is 17.5. The second kappa shape index (κ2) is 7.04. The Bertz CT molecular complexity index is 992. The van der Waals surface area contributed by atoms with Crippen LogP contribution in [0.1, 0.15) is 22.0 Å². The lowest BCUT2D eigenvalue weighted by molar-refractivity contribution is -0.0228. The van der Waals surface area contributed by atoms with Gasteiger partial charge < -0.3 is 15.4 Å². The van der Waals surface area contributed by atoms with Crippen molar-refractivity contribution in [1.82, 2.24) is 9.88 Å². The topological polar surface area (TPSA) is 68.5 Å². The van der Waals surface area contributed by atoms with Crippen LogP contribution in [0.2, 0.25) is 10.0 Å². The van der Waals surface area contributed by atoms with Crippen molar-refractivity contribution in [3.8, 4) is 0 Å². The summed E-state index contributed by atoms with van der Waals surface area (Å²) in [6.07, 6.45) is -0.235. The molecule has 0 radical (unpaired) electrons. The third-order valence-electron chi connectivity index (χ3n) is 4.32. The Balaban J connectivity index is 1.56. The van der Waals surface area contributed by atoms with Gasteiger partial charge in [-0.05, 0) is 35.9 Å². The highest BCUT2D eigenvalue weighted by molar-refractivity contribution is 7.22. The number of rotatable bonds is 2. The van der Waals surface area contributed by atoms with E-state index in [1.807, 2.05) is 18.2 Å². The Kier molecular flexibility index (Phi) is 4.75. The summed E-state index contributed by atoms with van der Waals surface area (Å²) in [5, 5.41) is 1.47.